The van der Waals surface area contributed by atoms with Crippen molar-refractivity contribution in [3.8, 4) is 11.5 Å². The molecule has 0 aliphatic carbocycles. The lowest BCUT2D eigenvalue weighted by Gasteiger charge is -2.39. The number of nitrogens with zero attached hydrogens (tertiary/aromatic N) is 6. The van der Waals surface area contributed by atoms with E-state index >= 15 is 0 Å². The first kappa shape index (κ1) is 19.0. The highest BCUT2D eigenvalue weighted by Gasteiger charge is 2.46. The number of aromatic nitrogens is 4. The molecule has 5 rings (SSSR count). The lowest BCUT2D eigenvalue weighted by molar-refractivity contribution is 0.0587. The summed E-state index contributed by atoms with van der Waals surface area (Å²) in [7, 11) is 3.96. The Kier molecular flexibility index (Phi) is 4.66. The fraction of sp³-hybridized carbons (Fsp3) is 0.455. The number of carbonyl (C=O) groups is 1. The van der Waals surface area contributed by atoms with Crippen LogP contribution in [0.5, 0.6) is 0 Å². The molecule has 4 heterocycles. The normalized spacial score (nSPS) is 21.4. The Morgan fingerprint density at radius 3 is 2.60 bits per heavy atom. The number of amides is 1. The van der Waals surface area contributed by atoms with Crippen LogP contribution in [0.4, 0.5) is 0 Å². The Balaban J connectivity index is 1.26. The van der Waals surface area contributed by atoms with Crippen LogP contribution in [0.25, 0.3) is 11.5 Å². The molecule has 8 heteroatoms. The van der Waals surface area contributed by atoms with E-state index in [1.165, 1.54) is 0 Å². The monoisotopic (exact) mass is 406 g/mol. The molecular formula is C22H26N6O2. The predicted molar refractivity (Wildman–Crippen MR) is 111 cm³/mol. The second-order valence-electron chi connectivity index (χ2n) is 8.63. The van der Waals surface area contributed by atoms with E-state index in [1.54, 1.807) is 10.7 Å². The summed E-state index contributed by atoms with van der Waals surface area (Å²) >= 11 is 0. The minimum absolute atomic E-state index is 0.0269. The van der Waals surface area contributed by atoms with E-state index in [9.17, 15) is 4.79 Å². The maximum Gasteiger partial charge on any atom is 0.274 e. The quantitative estimate of drug-likeness (QED) is 0.665. The Bertz CT molecular complexity index is 1030. The minimum atomic E-state index is 0.0269. The average molecular weight is 406 g/mol. The Labute approximate surface area is 175 Å². The zero-order chi connectivity index (χ0) is 20.7. The van der Waals surface area contributed by atoms with Crippen molar-refractivity contribution in [2.45, 2.75) is 25.3 Å². The first-order valence-electron chi connectivity index (χ1n) is 10.4. The topological polar surface area (TPSA) is 80.3 Å². The van der Waals surface area contributed by atoms with Crippen LogP contribution in [0.1, 0.15) is 41.6 Å². The van der Waals surface area contributed by atoms with E-state index in [4.69, 9.17) is 4.52 Å². The van der Waals surface area contributed by atoms with Crippen LogP contribution in [-0.4, -0.2) is 62.3 Å². The Morgan fingerprint density at radius 1 is 1.13 bits per heavy atom. The van der Waals surface area contributed by atoms with Crippen LogP contribution in [0.3, 0.4) is 0 Å². The fourth-order valence-electron chi connectivity index (χ4n) is 4.86. The molecule has 2 fully saturated rings. The van der Waals surface area contributed by atoms with Gasteiger partial charge >= 0.3 is 0 Å². The smallest absolute Gasteiger partial charge is 0.274 e. The molecular weight excluding hydrogens is 380 g/mol. The molecule has 0 saturated carbocycles. The summed E-state index contributed by atoms with van der Waals surface area (Å²) in [5.41, 5.74) is 1.65. The van der Waals surface area contributed by atoms with E-state index < -0.39 is 0 Å². The lowest BCUT2D eigenvalue weighted by atomic mass is 9.76. The summed E-state index contributed by atoms with van der Waals surface area (Å²) < 4.78 is 7.21. The van der Waals surface area contributed by atoms with Gasteiger partial charge in [0.15, 0.2) is 5.82 Å². The van der Waals surface area contributed by atoms with Gasteiger partial charge in [0.05, 0.1) is 6.04 Å². The van der Waals surface area contributed by atoms with Crippen LogP contribution < -0.4 is 0 Å². The van der Waals surface area contributed by atoms with Crippen molar-refractivity contribution in [3.05, 3.63) is 54.1 Å². The van der Waals surface area contributed by atoms with Crippen molar-refractivity contribution in [2.24, 2.45) is 12.5 Å². The highest BCUT2D eigenvalue weighted by molar-refractivity contribution is 5.92. The molecule has 1 aromatic carbocycles. The van der Waals surface area contributed by atoms with Crippen molar-refractivity contribution in [2.75, 3.05) is 26.7 Å². The van der Waals surface area contributed by atoms with Gasteiger partial charge in [-0.25, -0.2) is 0 Å². The van der Waals surface area contributed by atoms with Crippen molar-refractivity contribution < 1.29 is 9.32 Å². The summed E-state index contributed by atoms with van der Waals surface area (Å²) in [6.45, 7) is 2.51. The summed E-state index contributed by atoms with van der Waals surface area (Å²) in [6, 6.07) is 11.8. The molecule has 0 bridgehead atoms. The molecule has 3 aromatic rings. The van der Waals surface area contributed by atoms with Gasteiger partial charge in [0.1, 0.15) is 5.69 Å². The van der Waals surface area contributed by atoms with Crippen LogP contribution in [0.15, 0.2) is 47.1 Å². The molecule has 30 heavy (non-hydrogen) atoms. The van der Waals surface area contributed by atoms with Crippen molar-refractivity contribution in [1.29, 1.82) is 0 Å². The molecule has 1 amide bonds. The number of likely N-dealkylation sites (tertiary alicyclic amines) is 2. The number of rotatable bonds is 3. The van der Waals surface area contributed by atoms with Gasteiger partial charge in [0.25, 0.3) is 11.8 Å². The molecule has 0 N–H and O–H groups in total. The molecule has 1 atom stereocenters. The van der Waals surface area contributed by atoms with Crippen LogP contribution in [-0.2, 0) is 7.05 Å². The maximum atomic E-state index is 12.7. The van der Waals surface area contributed by atoms with Crippen molar-refractivity contribution in [1.82, 2.24) is 29.7 Å². The van der Waals surface area contributed by atoms with Gasteiger partial charge in [-0.05, 0) is 49.9 Å². The van der Waals surface area contributed by atoms with Crippen LogP contribution in [0, 0.1) is 5.41 Å². The maximum absolute atomic E-state index is 12.7. The molecule has 2 aliphatic heterocycles. The Morgan fingerprint density at radius 2 is 1.90 bits per heavy atom. The molecule has 0 radical (unpaired) electrons. The van der Waals surface area contributed by atoms with Crippen LogP contribution >= 0.6 is 0 Å². The second kappa shape index (κ2) is 7.36. The number of hydrogen-bond donors (Lipinski definition) is 0. The van der Waals surface area contributed by atoms with Crippen molar-refractivity contribution in [3.63, 3.8) is 0 Å². The van der Waals surface area contributed by atoms with E-state index in [1.807, 2.05) is 48.5 Å². The molecule has 2 saturated heterocycles. The van der Waals surface area contributed by atoms with E-state index in [0.29, 0.717) is 11.6 Å². The molecule has 1 spiro atoms. The van der Waals surface area contributed by atoms with E-state index in [2.05, 4.69) is 27.2 Å². The van der Waals surface area contributed by atoms with E-state index in [0.717, 1.165) is 50.3 Å². The number of carbonyl (C=O) groups excluding carboxylic acids is 1. The van der Waals surface area contributed by atoms with Gasteiger partial charge < -0.3 is 9.42 Å². The third kappa shape index (κ3) is 3.41. The lowest BCUT2D eigenvalue weighted by Crippen LogP contribution is -2.44. The number of hydrogen-bond acceptors (Lipinski definition) is 6. The van der Waals surface area contributed by atoms with Gasteiger partial charge in [0, 0.05) is 38.4 Å². The number of benzene rings is 1. The zero-order valence-electron chi connectivity index (χ0n) is 17.4. The van der Waals surface area contributed by atoms with Crippen LogP contribution in [0.2, 0.25) is 0 Å². The van der Waals surface area contributed by atoms with Crippen molar-refractivity contribution >= 4 is 5.91 Å². The molecule has 2 aromatic heterocycles. The summed E-state index contributed by atoms with van der Waals surface area (Å²) in [6.07, 6.45) is 4.76. The number of aryl methyl sites for hydroxylation is 1. The highest BCUT2D eigenvalue weighted by atomic mass is 16.5. The van der Waals surface area contributed by atoms with E-state index in [-0.39, 0.29) is 17.4 Å². The SMILES string of the molecule is CN1CC2(CCN(C(=O)c3ccn(C)n3)CC2)CC1c1noc(-c2ccccc2)n1. The fourth-order valence-corrected chi connectivity index (χ4v) is 4.86. The summed E-state index contributed by atoms with van der Waals surface area (Å²) in [4.78, 5) is 21.7. The first-order valence-corrected chi connectivity index (χ1v) is 10.4. The first-order chi connectivity index (χ1) is 14.5. The molecule has 1 unspecified atom stereocenters. The predicted octanol–water partition coefficient (Wildman–Crippen LogP) is 2.77. The largest absolute Gasteiger partial charge is 0.337 e. The third-order valence-corrected chi connectivity index (χ3v) is 6.55. The summed E-state index contributed by atoms with van der Waals surface area (Å²) in [5.74, 6) is 1.34. The Hall–Kier alpha value is -3.00. The van der Waals surface area contributed by atoms with Gasteiger partial charge in [-0.15, -0.1) is 0 Å². The second-order valence-corrected chi connectivity index (χ2v) is 8.63. The minimum Gasteiger partial charge on any atom is -0.337 e. The number of piperidine rings is 1. The van der Waals surface area contributed by atoms with Gasteiger partial charge in [-0.3, -0.25) is 14.4 Å². The van der Waals surface area contributed by atoms with Gasteiger partial charge in [-0.1, -0.05) is 23.4 Å². The third-order valence-electron chi connectivity index (χ3n) is 6.55. The molecule has 8 nitrogen and oxygen atoms in total. The standard InChI is InChI=1S/C22H26N6O2/c1-26-15-22(9-12-28(13-10-22)21(29)17-8-11-27(2)24-17)14-18(26)19-23-20(30-25-19)16-6-4-3-5-7-16/h3-8,11,18H,9-10,12-15H2,1-2H3. The zero-order valence-corrected chi connectivity index (χ0v) is 17.4. The molecule has 156 valence electrons. The van der Waals surface area contributed by atoms with Gasteiger partial charge in [-0.2, -0.15) is 10.1 Å². The highest BCUT2D eigenvalue weighted by Crippen LogP contribution is 2.48. The molecule has 2 aliphatic rings. The van der Waals surface area contributed by atoms with Gasteiger partial charge in [0.2, 0.25) is 0 Å². The average Bonchev–Trinajstić information content (AvgIpc) is 3.48. The summed E-state index contributed by atoms with van der Waals surface area (Å²) in [5, 5.41) is 8.54.